The van der Waals surface area contributed by atoms with Crippen LogP contribution in [0.2, 0.25) is 0 Å². The molecule has 2 aromatic rings. The van der Waals surface area contributed by atoms with Gasteiger partial charge in [-0.2, -0.15) is 5.26 Å². The van der Waals surface area contributed by atoms with Gasteiger partial charge in [-0.05, 0) is 29.8 Å². The number of nitrogens with two attached hydrogens (primary N) is 1. The van der Waals surface area contributed by atoms with Gasteiger partial charge in [0.2, 0.25) is 0 Å². The lowest BCUT2D eigenvalue weighted by Gasteiger charge is -2.14. The summed E-state index contributed by atoms with van der Waals surface area (Å²) in [6, 6.07) is 15.2. The zero-order chi connectivity index (χ0) is 15.2. The molecule has 0 fully saturated rings. The van der Waals surface area contributed by atoms with Crippen molar-refractivity contribution in [3.8, 4) is 11.8 Å². The number of nitrogens with zero attached hydrogens (tertiary/aromatic N) is 1. The summed E-state index contributed by atoms with van der Waals surface area (Å²) in [5, 5.41) is 16.1. The molecule has 0 amide bonds. The van der Waals surface area contributed by atoms with Gasteiger partial charge in [-0.3, -0.25) is 10.2 Å². The van der Waals surface area contributed by atoms with E-state index in [-0.39, 0.29) is 5.84 Å². The Bertz CT molecular complexity index is 685. The van der Waals surface area contributed by atoms with Gasteiger partial charge < -0.3 is 10.5 Å². The molecule has 5 nitrogen and oxygen atoms in total. The van der Waals surface area contributed by atoms with E-state index in [2.05, 4.69) is 0 Å². The summed E-state index contributed by atoms with van der Waals surface area (Å²) >= 11 is 0. The second-order valence-electron chi connectivity index (χ2n) is 4.35. The fourth-order valence-electron chi connectivity index (χ4n) is 1.78. The molecule has 0 aromatic heterocycles. The van der Waals surface area contributed by atoms with Gasteiger partial charge >= 0.3 is 0 Å². The summed E-state index contributed by atoms with van der Waals surface area (Å²) in [5.41, 5.74) is 7.15. The Morgan fingerprint density at radius 1 is 1.19 bits per heavy atom. The SMILES string of the molecule is N#Cc1ccc(OC(C=O)c2ccc(C(=N)N)cc2)cc1. The number of nitriles is 1. The van der Waals surface area contributed by atoms with Crippen molar-refractivity contribution >= 4 is 12.1 Å². The van der Waals surface area contributed by atoms with Crippen molar-refractivity contribution in [1.29, 1.82) is 10.7 Å². The fourth-order valence-corrected chi connectivity index (χ4v) is 1.78. The number of carbonyl (C=O) groups excluding carboxylic acids is 1. The highest BCUT2D eigenvalue weighted by Gasteiger charge is 2.12. The number of nitrogens with one attached hydrogen (secondary N) is 1. The smallest absolute Gasteiger partial charge is 0.179 e. The monoisotopic (exact) mass is 279 g/mol. The molecule has 2 aromatic carbocycles. The first-order valence-electron chi connectivity index (χ1n) is 6.20. The summed E-state index contributed by atoms with van der Waals surface area (Å²) in [7, 11) is 0. The van der Waals surface area contributed by atoms with Crippen molar-refractivity contribution in [1.82, 2.24) is 0 Å². The minimum absolute atomic E-state index is 0.0304. The first kappa shape index (κ1) is 14.3. The summed E-state index contributed by atoms with van der Waals surface area (Å²) < 4.78 is 5.59. The van der Waals surface area contributed by atoms with Crippen LogP contribution in [0.1, 0.15) is 22.8 Å². The van der Waals surface area contributed by atoms with E-state index in [1.165, 1.54) is 0 Å². The number of ether oxygens (including phenoxy) is 1. The van der Waals surface area contributed by atoms with E-state index < -0.39 is 6.10 Å². The van der Waals surface area contributed by atoms with Crippen LogP contribution in [0.5, 0.6) is 5.75 Å². The van der Waals surface area contributed by atoms with Crippen molar-refractivity contribution in [3.63, 3.8) is 0 Å². The van der Waals surface area contributed by atoms with Crippen LogP contribution in [0.4, 0.5) is 0 Å². The molecule has 0 aliphatic carbocycles. The Labute approximate surface area is 122 Å². The molecule has 1 atom stereocenters. The standard InChI is InChI=1S/C16H13N3O2/c17-9-11-1-7-14(8-2-11)21-15(10-20)12-3-5-13(6-4-12)16(18)19/h1-8,10,15H,(H3,18,19). The molecule has 0 saturated heterocycles. The highest BCUT2D eigenvalue weighted by atomic mass is 16.5. The summed E-state index contributed by atoms with van der Waals surface area (Å²) in [6.07, 6.45) is -0.0556. The summed E-state index contributed by atoms with van der Waals surface area (Å²) in [6.45, 7) is 0. The molecule has 1 unspecified atom stereocenters. The fraction of sp³-hybridized carbons (Fsp3) is 0.0625. The van der Waals surface area contributed by atoms with Crippen LogP contribution in [-0.4, -0.2) is 12.1 Å². The Morgan fingerprint density at radius 3 is 2.29 bits per heavy atom. The van der Waals surface area contributed by atoms with E-state index in [1.807, 2.05) is 6.07 Å². The number of hydrogen-bond acceptors (Lipinski definition) is 4. The topological polar surface area (TPSA) is 100.0 Å². The summed E-state index contributed by atoms with van der Waals surface area (Å²) in [4.78, 5) is 11.2. The second kappa shape index (κ2) is 6.35. The van der Waals surface area contributed by atoms with Gasteiger partial charge in [-0.25, -0.2) is 0 Å². The maximum Gasteiger partial charge on any atom is 0.179 e. The minimum Gasteiger partial charge on any atom is -0.478 e. The van der Waals surface area contributed by atoms with Gasteiger partial charge in [-0.15, -0.1) is 0 Å². The lowest BCUT2D eigenvalue weighted by molar-refractivity contribution is -0.113. The number of benzene rings is 2. The van der Waals surface area contributed by atoms with E-state index in [0.717, 1.165) is 0 Å². The Hall–Kier alpha value is -3.13. The van der Waals surface area contributed by atoms with Crippen LogP contribution in [0.15, 0.2) is 48.5 Å². The van der Waals surface area contributed by atoms with Gasteiger partial charge in [0.05, 0.1) is 11.6 Å². The van der Waals surface area contributed by atoms with Crippen LogP contribution in [0.3, 0.4) is 0 Å². The average Bonchev–Trinajstić information content (AvgIpc) is 2.53. The molecular weight excluding hydrogens is 266 g/mol. The van der Waals surface area contributed by atoms with Crippen LogP contribution in [0, 0.1) is 16.7 Å². The lowest BCUT2D eigenvalue weighted by Crippen LogP contribution is -2.12. The highest BCUT2D eigenvalue weighted by molar-refractivity contribution is 5.94. The average molecular weight is 279 g/mol. The van der Waals surface area contributed by atoms with Crippen molar-refractivity contribution in [2.75, 3.05) is 0 Å². The zero-order valence-corrected chi connectivity index (χ0v) is 11.1. The Balaban J connectivity index is 2.17. The molecule has 0 radical (unpaired) electrons. The van der Waals surface area contributed by atoms with Crippen molar-refractivity contribution in [2.45, 2.75) is 6.10 Å². The molecule has 2 rings (SSSR count). The highest BCUT2D eigenvalue weighted by Crippen LogP contribution is 2.21. The third-order valence-electron chi connectivity index (χ3n) is 2.92. The van der Waals surface area contributed by atoms with Gasteiger partial charge in [0.1, 0.15) is 11.6 Å². The third-order valence-corrected chi connectivity index (χ3v) is 2.92. The first-order valence-corrected chi connectivity index (χ1v) is 6.20. The predicted octanol–water partition coefficient (Wildman–Crippen LogP) is 2.16. The number of carbonyl (C=O) groups is 1. The quantitative estimate of drug-likeness (QED) is 0.497. The molecular formula is C16H13N3O2. The molecule has 0 heterocycles. The number of nitrogen functional groups attached to an aromatic ring is 1. The van der Waals surface area contributed by atoms with Gasteiger partial charge in [0.15, 0.2) is 12.4 Å². The molecule has 0 bridgehead atoms. The van der Waals surface area contributed by atoms with E-state index >= 15 is 0 Å². The first-order chi connectivity index (χ1) is 10.1. The normalized spacial score (nSPS) is 11.2. The number of rotatable bonds is 5. The number of hydrogen-bond donors (Lipinski definition) is 2. The van der Waals surface area contributed by atoms with E-state index in [9.17, 15) is 4.79 Å². The van der Waals surface area contributed by atoms with Crippen molar-refractivity contribution in [2.24, 2.45) is 5.73 Å². The molecule has 0 spiro atoms. The maximum absolute atomic E-state index is 11.2. The predicted molar refractivity (Wildman–Crippen MR) is 78.0 cm³/mol. The van der Waals surface area contributed by atoms with Crippen LogP contribution in [-0.2, 0) is 4.79 Å². The molecule has 0 aliphatic rings. The van der Waals surface area contributed by atoms with Gasteiger partial charge in [0.25, 0.3) is 0 Å². The Morgan fingerprint density at radius 2 is 1.81 bits per heavy atom. The van der Waals surface area contributed by atoms with Crippen LogP contribution >= 0.6 is 0 Å². The second-order valence-corrected chi connectivity index (χ2v) is 4.35. The van der Waals surface area contributed by atoms with Gasteiger partial charge in [-0.1, -0.05) is 24.3 Å². The van der Waals surface area contributed by atoms with Crippen molar-refractivity contribution in [3.05, 3.63) is 65.2 Å². The van der Waals surface area contributed by atoms with Gasteiger partial charge in [0, 0.05) is 5.56 Å². The number of aldehydes is 1. The molecule has 0 aliphatic heterocycles. The van der Waals surface area contributed by atoms with Crippen LogP contribution < -0.4 is 10.5 Å². The largest absolute Gasteiger partial charge is 0.478 e. The molecule has 5 heteroatoms. The molecule has 0 saturated carbocycles. The van der Waals surface area contributed by atoms with E-state index in [1.54, 1.807) is 48.5 Å². The van der Waals surface area contributed by atoms with E-state index in [0.29, 0.717) is 28.7 Å². The van der Waals surface area contributed by atoms with Crippen molar-refractivity contribution < 1.29 is 9.53 Å². The molecule has 104 valence electrons. The lowest BCUT2D eigenvalue weighted by atomic mass is 10.1. The zero-order valence-electron chi connectivity index (χ0n) is 11.1. The molecule has 3 N–H and O–H groups in total. The number of amidine groups is 1. The Kier molecular flexibility index (Phi) is 4.32. The summed E-state index contributed by atoms with van der Waals surface area (Å²) in [5.74, 6) is 0.471. The molecule has 21 heavy (non-hydrogen) atoms. The minimum atomic E-state index is -0.751. The van der Waals surface area contributed by atoms with Crippen LogP contribution in [0.25, 0.3) is 0 Å². The maximum atomic E-state index is 11.2. The van der Waals surface area contributed by atoms with E-state index in [4.69, 9.17) is 21.1 Å². The third kappa shape index (κ3) is 3.45.